The second-order valence-electron chi connectivity index (χ2n) is 4.80. The third-order valence-electron chi connectivity index (χ3n) is 3.53. The summed E-state index contributed by atoms with van der Waals surface area (Å²) in [6.45, 7) is 7.89. The Morgan fingerprint density at radius 3 is 2.28 bits per heavy atom. The minimum absolute atomic E-state index is 0.292. The molecule has 1 aromatic carbocycles. The van der Waals surface area contributed by atoms with E-state index in [1.807, 2.05) is 30.3 Å². The first-order valence-corrected chi connectivity index (χ1v) is 7.23. The molecule has 0 aliphatic heterocycles. The number of aliphatic hydroxyl groups is 1. The third kappa shape index (κ3) is 5.65. The van der Waals surface area contributed by atoms with E-state index < -0.39 is 0 Å². The van der Waals surface area contributed by atoms with Gasteiger partial charge in [0.1, 0.15) is 0 Å². The lowest BCUT2D eigenvalue weighted by atomic mass is 10.0. The summed E-state index contributed by atoms with van der Waals surface area (Å²) in [6.07, 6.45) is 4.14. The van der Waals surface area contributed by atoms with Gasteiger partial charge in [0, 0.05) is 0 Å². The normalized spacial score (nSPS) is 12.9. The molecule has 1 atom stereocenters. The van der Waals surface area contributed by atoms with Crippen molar-refractivity contribution in [1.29, 1.82) is 0 Å². The highest BCUT2D eigenvalue weighted by Gasteiger charge is 2.06. The highest BCUT2D eigenvalue weighted by molar-refractivity contribution is 5.16. The lowest BCUT2D eigenvalue weighted by Gasteiger charge is -2.17. The zero-order valence-electron chi connectivity index (χ0n) is 11.8. The molecule has 0 amide bonds. The van der Waals surface area contributed by atoms with Gasteiger partial charge in [-0.1, -0.05) is 57.0 Å². The molecule has 0 saturated carbocycles. The fraction of sp³-hybridized carbons (Fsp3) is 0.625. The Labute approximate surface area is 112 Å². The molecule has 0 saturated heterocycles. The van der Waals surface area contributed by atoms with Crippen LogP contribution in [-0.4, -0.2) is 29.6 Å². The maximum absolute atomic E-state index is 10.0. The Morgan fingerprint density at radius 1 is 1.00 bits per heavy atom. The van der Waals surface area contributed by atoms with E-state index in [0.29, 0.717) is 0 Å². The summed E-state index contributed by atoms with van der Waals surface area (Å²) in [5.41, 5.74) is 1.04. The van der Waals surface area contributed by atoms with Gasteiger partial charge in [0.05, 0.1) is 6.10 Å². The molecule has 18 heavy (non-hydrogen) atoms. The number of benzene rings is 1. The van der Waals surface area contributed by atoms with Gasteiger partial charge in [-0.3, -0.25) is 0 Å². The largest absolute Gasteiger partial charge is 0.388 e. The predicted octanol–water partition coefficient (Wildman–Crippen LogP) is 3.62. The zero-order chi connectivity index (χ0) is 13.2. The highest BCUT2D eigenvalue weighted by atomic mass is 16.3. The van der Waals surface area contributed by atoms with Gasteiger partial charge in [-0.2, -0.15) is 0 Å². The first-order valence-electron chi connectivity index (χ1n) is 7.23. The predicted molar refractivity (Wildman–Crippen MR) is 77.7 cm³/mol. The molecule has 0 aliphatic carbocycles. The monoisotopic (exact) mass is 249 g/mol. The van der Waals surface area contributed by atoms with E-state index in [1.54, 1.807) is 0 Å². The molecule has 2 nitrogen and oxygen atoms in total. The molecule has 1 rings (SSSR count). The molecule has 0 fully saturated rings. The fourth-order valence-corrected chi connectivity index (χ4v) is 2.23. The summed E-state index contributed by atoms with van der Waals surface area (Å²) in [6, 6.07) is 9.96. The third-order valence-corrected chi connectivity index (χ3v) is 3.53. The van der Waals surface area contributed by atoms with Crippen LogP contribution in [0.3, 0.4) is 0 Å². The number of aliphatic hydroxyl groups excluding tert-OH is 1. The summed E-state index contributed by atoms with van der Waals surface area (Å²) in [5.74, 6) is 0. The molecule has 0 aliphatic rings. The summed E-state index contributed by atoms with van der Waals surface area (Å²) < 4.78 is 0. The highest BCUT2D eigenvalue weighted by Crippen LogP contribution is 2.19. The molecule has 1 aromatic rings. The van der Waals surface area contributed by atoms with Crippen molar-refractivity contribution in [3.8, 4) is 0 Å². The fourth-order valence-electron chi connectivity index (χ4n) is 2.23. The van der Waals surface area contributed by atoms with Gasteiger partial charge >= 0.3 is 0 Å². The van der Waals surface area contributed by atoms with Crippen LogP contribution in [0.2, 0.25) is 0 Å². The van der Waals surface area contributed by atoms with Gasteiger partial charge in [-0.15, -0.1) is 0 Å². The van der Waals surface area contributed by atoms with Crippen molar-refractivity contribution in [2.24, 2.45) is 0 Å². The van der Waals surface area contributed by atoms with Crippen LogP contribution in [0.15, 0.2) is 30.3 Å². The molecule has 102 valence electrons. The first-order chi connectivity index (χ1) is 8.77. The maximum atomic E-state index is 10.0. The van der Waals surface area contributed by atoms with E-state index in [2.05, 4.69) is 18.7 Å². The van der Waals surface area contributed by atoms with Crippen LogP contribution in [0.5, 0.6) is 0 Å². The van der Waals surface area contributed by atoms with Crippen LogP contribution >= 0.6 is 0 Å². The van der Waals surface area contributed by atoms with Crippen molar-refractivity contribution in [3.63, 3.8) is 0 Å². The van der Waals surface area contributed by atoms with E-state index in [0.717, 1.165) is 31.5 Å². The molecule has 0 aromatic heterocycles. The molecule has 1 unspecified atom stereocenters. The van der Waals surface area contributed by atoms with Crippen molar-refractivity contribution in [1.82, 2.24) is 4.90 Å². The van der Waals surface area contributed by atoms with Crippen molar-refractivity contribution in [2.75, 3.05) is 19.6 Å². The maximum Gasteiger partial charge on any atom is 0.0790 e. The topological polar surface area (TPSA) is 23.5 Å². The first kappa shape index (κ1) is 15.2. The van der Waals surface area contributed by atoms with Crippen molar-refractivity contribution in [2.45, 2.75) is 45.6 Å². The van der Waals surface area contributed by atoms with Crippen LogP contribution in [0.25, 0.3) is 0 Å². The van der Waals surface area contributed by atoms with E-state index in [9.17, 15) is 5.11 Å². The molecular formula is C16H27NO. The van der Waals surface area contributed by atoms with Gasteiger partial charge in [0.15, 0.2) is 0 Å². The Hall–Kier alpha value is -0.860. The number of hydrogen-bond acceptors (Lipinski definition) is 2. The molecule has 1 N–H and O–H groups in total. The number of nitrogens with zero attached hydrogens (tertiary/aromatic N) is 1. The summed E-state index contributed by atoms with van der Waals surface area (Å²) in [7, 11) is 0. The summed E-state index contributed by atoms with van der Waals surface area (Å²) >= 11 is 0. The molecule has 0 heterocycles. The average molecular weight is 249 g/mol. The van der Waals surface area contributed by atoms with E-state index in [4.69, 9.17) is 0 Å². The van der Waals surface area contributed by atoms with Crippen molar-refractivity contribution < 1.29 is 5.11 Å². The van der Waals surface area contributed by atoms with E-state index in [1.165, 1.54) is 19.4 Å². The number of hydrogen-bond donors (Lipinski definition) is 1. The number of rotatable bonds is 9. The van der Waals surface area contributed by atoms with Gasteiger partial charge in [0.25, 0.3) is 0 Å². The van der Waals surface area contributed by atoms with Gasteiger partial charge in [-0.05, 0) is 38.0 Å². The Balaban J connectivity index is 2.11. The number of unbranched alkanes of at least 4 members (excludes halogenated alkanes) is 2. The van der Waals surface area contributed by atoms with Crippen molar-refractivity contribution >= 4 is 0 Å². The average Bonchev–Trinajstić information content (AvgIpc) is 2.43. The Bertz CT molecular complexity index is 295. The van der Waals surface area contributed by atoms with Crippen LogP contribution < -0.4 is 0 Å². The minimum atomic E-state index is -0.292. The van der Waals surface area contributed by atoms with Crippen LogP contribution in [0, 0.1) is 0 Å². The van der Waals surface area contributed by atoms with Gasteiger partial charge in [0.2, 0.25) is 0 Å². The Kier molecular flexibility index (Phi) is 7.70. The van der Waals surface area contributed by atoms with Crippen LogP contribution in [-0.2, 0) is 0 Å². The van der Waals surface area contributed by atoms with Crippen LogP contribution in [0.1, 0.15) is 51.2 Å². The lowest BCUT2D eigenvalue weighted by molar-refractivity contribution is 0.162. The second kappa shape index (κ2) is 9.12. The van der Waals surface area contributed by atoms with Gasteiger partial charge < -0.3 is 10.0 Å². The van der Waals surface area contributed by atoms with Crippen molar-refractivity contribution in [3.05, 3.63) is 35.9 Å². The summed E-state index contributed by atoms with van der Waals surface area (Å²) in [5, 5.41) is 10.0. The molecule has 2 heteroatoms. The summed E-state index contributed by atoms with van der Waals surface area (Å²) in [4.78, 5) is 2.45. The second-order valence-corrected chi connectivity index (χ2v) is 4.80. The lowest BCUT2D eigenvalue weighted by Crippen LogP contribution is -2.23. The van der Waals surface area contributed by atoms with E-state index in [-0.39, 0.29) is 6.10 Å². The smallest absolute Gasteiger partial charge is 0.0790 e. The molecule has 0 bridgehead atoms. The standard InChI is InChI=1S/C16H27NO/c1-3-17(4-2)14-10-6-9-13-16(18)15-11-7-5-8-12-15/h5,7-8,11-12,16,18H,3-4,6,9-10,13-14H2,1-2H3. The van der Waals surface area contributed by atoms with E-state index >= 15 is 0 Å². The zero-order valence-corrected chi connectivity index (χ0v) is 11.8. The van der Waals surface area contributed by atoms with Crippen LogP contribution in [0.4, 0.5) is 0 Å². The van der Waals surface area contributed by atoms with Gasteiger partial charge in [-0.25, -0.2) is 0 Å². The Morgan fingerprint density at radius 2 is 1.67 bits per heavy atom. The molecule has 0 radical (unpaired) electrons. The quantitative estimate of drug-likeness (QED) is 0.676. The molecule has 0 spiro atoms. The SMILES string of the molecule is CCN(CC)CCCCCC(O)c1ccccc1. The minimum Gasteiger partial charge on any atom is -0.388 e. The molecular weight excluding hydrogens is 222 g/mol.